The minimum Gasteiger partial charge on any atom is -0.351 e. The van der Waals surface area contributed by atoms with E-state index in [1.165, 1.54) is 5.57 Å². The van der Waals surface area contributed by atoms with E-state index in [2.05, 4.69) is 46.9 Å². The Kier molecular flexibility index (Phi) is 6.40. The lowest BCUT2D eigenvalue weighted by Gasteiger charge is -2.69. The monoisotopic (exact) mass is 540 g/mol. The zero-order valence-corrected chi connectivity index (χ0v) is 25.9. The maximum atomic E-state index is 14.5. The van der Waals surface area contributed by atoms with Gasteiger partial charge in [-0.1, -0.05) is 40.2 Å². The van der Waals surface area contributed by atoms with Crippen molar-refractivity contribution in [3.63, 3.8) is 0 Å². The molecule has 1 saturated heterocycles. The summed E-state index contributed by atoms with van der Waals surface area (Å²) in [7, 11) is 0. The molecule has 5 rings (SSSR count). The predicted molar refractivity (Wildman–Crippen MR) is 152 cm³/mol. The lowest BCUT2D eigenvalue weighted by Crippen LogP contribution is -2.66. The number of nitrogens with zero attached hydrogens (tertiary/aromatic N) is 1. The number of ketones is 1. The molecule has 1 aliphatic heterocycles. The van der Waals surface area contributed by atoms with Gasteiger partial charge in [-0.3, -0.25) is 19.6 Å². The zero-order chi connectivity index (χ0) is 29.0. The van der Waals surface area contributed by atoms with Crippen LogP contribution >= 0.6 is 0 Å². The highest BCUT2D eigenvalue weighted by Crippen LogP contribution is 2.74. The van der Waals surface area contributed by atoms with E-state index >= 15 is 0 Å². The molecule has 2 N–H and O–H groups in total. The van der Waals surface area contributed by atoms with Crippen LogP contribution in [0.25, 0.3) is 0 Å². The van der Waals surface area contributed by atoms with Gasteiger partial charge in [0, 0.05) is 23.3 Å². The summed E-state index contributed by atoms with van der Waals surface area (Å²) in [5.41, 5.74) is -0.295. The molecule has 2 amide bonds. The fraction of sp³-hybridized carbons (Fsp3) is 0.848. The van der Waals surface area contributed by atoms with Gasteiger partial charge in [0.05, 0.1) is 6.04 Å². The van der Waals surface area contributed by atoms with Crippen molar-refractivity contribution >= 4 is 17.6 Å². The first-order chi connectivity index (χ1) is 17.8. The number of hydrogen-bond acceptors (Lipinski definition) is 4. The van der Waals surface area contributed by atoms with Crippen LogP contribution in [-0.2, 0) is 14.4 Å². The Balaban J connectivity index is 1.59. The van der Waals surface area contributed by atoms with Crippen LogP contribution in [0.4, 0.5) is 0 Å². The molecule has 8 atom stereocenters. The van der Waals surface area contributed by atoms with Crippen molar-refractivity contribution in [3.8, 4) is 0 Å². The van der Waals surface area contributed by atoms with Gasteiger partial charge in [-0.25, -0.2) is 5.06 Å². The average Bonchev–Trinajstić information content (AvgIpc) is 2.92. The third-order valence-corrected chi connectivity index (χ3v) is 13.3. The van der Waals surface area contributed by atoms with Gasteiger partial charge in [-0.2, -0.15) is 0 Å². The Hall–Kier alpha value is -1.69. The summed E-state index contributed by atoms with van der Waals surface area (Å²) in [6.45, 7) is 19.4. The van der Waals surface area contributed by atoms with Crippen LogP contribution in [-0.4, -0.2) is 39.4 Å². The third-order valence-electron chi connectivity index (χ3n) is 13.3. The molecule has 6 heteroatoms. The summed E-state index contributed by atoms with van der Waals surface area (Å²) in [5, 5.41) is 14.8. The van der Waals surface area contributed by atoms with Crippen LogP contribution in [0.1, 0.15) is 120 Å². The van der Waals surface area contributed by atoms with E-state index < -0.39 is 5.41 Å². The molecule has 218 valence electrons. The number of hydrogen-bond donors (Lipinski definition) is 2. The van der Waals surface area contributed by atoms with Gasteiger partial charge in [-0.05, 0) is 119 Å². The number of hydroxylamine groups is 2. The van der Waals surface area contributed by atoms with Gasteiger partial charge < -0.3 is 5.32 Å². The summed E-state index contributed by atoms with van der Waals surface area (Å²) in [4.78, 5) is 40.7. The number of fused-ring (bicyclic) bond motifs is 7. The fourth-order valence-corrected chi connectivity index (χ4v) is 10.7. The fourth-order valence-electron chi connectivity index (χ4n) is 10.7. The first kappa shape index (κ1) is 28.8. The van der Waals surface area contributed by atoms with E-state index in [9.17, 15) is 19.6 Å². The predicted octanol–water partition coefficient (Wildman–Crippen LogP) is 6.46. The number of allylic oxidation sites excluding steroid dienone is 2. The quantitative estimate of drug-likeness (QED) is 0.311. The second-order valence-electron chi connectivity index (χ2n) is 16.3. The van der Waals surface area contributed by atoms with Crippen LogP contribution in [0.3, 0.4) is 0 Å². The van der Waals surface area contributed by atoms with Gasteiger partial charge in [-0.15, -0.1) is 0 Å². The van der Waals surface area contributed by atoms with Gasteiger partial charge in [0.1, 0.15) is 0 Å². The van der Waals surface area contributed by atoms with E-state index in [1.54, 1.807) is 0 Å². The summed E-state index contributed by atoms with van der Waals surface area (Å²) in [6.07, 6.45) is 9.70. The Morgan fingerprint density at radius 2 is 1.62 bits per heavy atom. The van der Waals surface area contributed by atoms with Crippen molar-refractivity contribution in [1.29, 1.82) is 0 Å². The number of nitrogens with one attached hydrogen (secondary N) is 1. The van der Waals surface area contributed by atoms with Crippen molar-refractivity contribution in [1.82, 2.24) is 10.4 Å². The zero-order valence-electron chi connectivity index (χ0n) is 25.9. The molecule has 0 aromatic rings. The molecule has 0 aromatic carbocycles. The first-order valence-corrected chi connectivity index (χ1v) is 15.4. The van der Waals surface area contributed by atoms with Crippen LogP contribution in [0.15, 0.2) is 11.6 Å². The van der Waals surface area contributed by atoms with Crippen LogP contribution in [0.5, 0.6) is 0 Å². The number of carbonyl (C=O) groups is 3. The first-order valence-electron chi connectivity index (χ1n) is 15.4. The maximum Gasteiger partial charge on any atom is 0.252 e. The average molecular weight is 541 g/mol. The van der Waals surface area contributed by atoms with Gasteiger partial charge in [0.15, 0.2) is 5.78 Å². The lowest BCUT2D eigenvalue weighted by atomic mass is 9.35. The minimum atomic E-state index is -0.649. The van der Waals surface area contributed by atoms with Gasteiger partial charge in [0.2, 0.25) is 5.91 Å². The van der Waals surface area contributed by atoms with Gasteiger partial charge >= 0.3 is 0 Å². The molecule has 0 radical (unpaired) electrons. The minimum absolute atomic E-state index is 0.0501. The van der Waals surface area contributed by atoms with Crippen LogP contribution in [0.2, 0.25) is 0 Å². The molecule has 0 aromatic heterocycles. The standard InChI is InChI=1S/C33H52N2O4/c1-20(2)35(39)27(38)30(6)15-14-29(5)16-17-32(8)21(22(29)19-30)18-23(36)26-31(7)12-11-25(37)34-28(3,4)24(31)10-13-33(26,32)9/h18,20,22,24,26,39H,10-17,19H2,1-9H3,(H,34,37)/t22-,24-,26+,29+,30-,31-,32+,33+/m0/s1. The summed E-state index contributed by atoms with van der Waals surface area (Å²) >= 11 is 0. The van der Waals surface area contributed by atoms with E-state index in [-0.39, 0.29) is 68.6 Å². The van der Waals surface area contributed by atoms with Crippen molar-refractivity contribution < 1.29 is 19.6 Å². The Bertz CT molecular complexity index is 1130. The molecule has 39 heavy (non-hydrogen) atoms. The third kappa shape index (κ3) is 3.85. The van der Waals surface area contributed by atoms with E-state index in [4.69, 9.17) is 0 Å². The molecule has 6 nitrogen and oxygen atoms in total. The largest absolute Gasteiger partial charge is 0.351 e. The molecule has 0 unspecified atom stereocenters. The van der Waals surface area contributed by atoms with Gasteiger partial charge in [0.25, 0.3) is 5.91 Å². The number of rotatable bonds is 2. The van der Waals surface area contributed by atoms with Crippen molar-refractivity contribution in [2.24, 2.45) is 44.8 Å². The van der Waals surface area contributed by atoms with E-state index in [1.807, 2.05) is 26.8 Å². The van der Waals surface area contributed by atoms with Crippen LogP contribution < -0.4 is 5.32 Å². The molecular weight excluding hydrogens is 488 g/mol. The van der Waals surface area contributed by atoms with Crippen molar-refractivity contribution in [3.05, 3.63) is 11.6 Å². The smallest absolute Gasteiger partial charge is 0.252 e. The highest BCUT2D eigenvalue weighted by atomic mass is 16.5. The number of amides is 2. The molecule has 5 aliphatic rings. The maximum absolute atomic E-state index is 14.5. The highest BCUT2D eigenvalue weighted by Gasteiger charge is 2.69. The SMILES string of the molecule is CC(C)N(O)C(=O)[C@@]1(C)CC[C@]2(C)CC[C@]3(C)C(=CC(=O)[C@@H]4[C@@]5(C)CCC(=O)NC(C)(C)[C@@H]5CC[C@]43C)[C@@H]2C1. The topological polar surface area (TPSA) is 86.7 Å². The highest BCUT2D eigenvalue weighted by molar-refractivity contribution is 5.96. The van der Waals surface area contributed by atoms with E-state index in [0.717, 1.165) is 50.0 Å². The molecule has 0 bridgehead atoms. The van der Waals surface area contributed by atoms with Crippen molar-refractivity contribution in [2.45, 2.75) is 132 Å². The summed E-state index contributed by atoms with van der Waals surface area (Å²) in [5.74, 6) is 0.399. The molecule has 0 spiro atoms. The summed E-state index contributed by atoms with van der Waals surface area (Å²) in [6, 6.07) is -0.268. The normalized spacial score (nSPS) is 47.1. The Morgan fingerprint density at radius 1 is 0.974 bits per heavy atom. The van der Waals surface area contributed by atoms with Crippen molar-refractivity contribution in [2.75, 3.05) is 0 Å². The Labute approximate surface area is 235 Å². The molecule has 3 saturated carbocycles. The molecule has 1 heterocycles. The van der Waals surface area contributed by atoms with Crippen LogP contribution in [0, 0.1) is 44.8 Å². The number of carbonyl (C=O) groups excluding carboxylic acids is 3. The summed E-state index contributed by atoms with van der Waals surface area (Å²) < 4.78 is 0. The molecular formula is C33H52N2O4. The molecule has 4 aliphatic carbocycles. The second kappa shape index (κ2) is 8.66. The van der Waals surface area contributed by atoms with E-state index in [0.29, 0.717) is 12.8 Å². The molecule has 4 fully saturated rings. The lowest BCUT2D eigenvalue weighted by molar-refractivity contribution is -0.191. The Morgan fingerprint density at radius 3 is 2.26 bits per heavy atom. The second-order valence-corrected chi connectivity index (χ2v) is 16.3.